The lowest BCUT2D eigenvalue weighted by atomic mass is 10.3. The summed E-state index contributed by atoms with van der Waals surface area (Å²) < 4.78 is 4.42. The van der Waals surface area contributed by atoms with Gasteiger partial charge in [0.1, 0.15) is 0 Å². The highest BCUT2D eigenvalue weighted by molar-refractivity contribution is 5.73. The standard InChI is InChI=1S/C7H13N3O3/c1-13-7(12)9-5-2-3-10(4-5)6(8)11/h5H,2-4H2,1H3,(H2,8,11)(H,9,12). The van der Waals surface area contributed by atoms with Crippen molar-refractivity contribution in [2.75, 3.05) is 20.2 Å². The van der Waals surface area contributed by atoms with Gasteiger partial charge in [0.05, 0.1) is 13.2 Å². The lowest BCUT2D eigenvalue weighted by Crippen LogP contribution is -2.39. The molecule has 1 unspecified atom stereocenters. The zero-order valence-corrected chi connectivity index (χ0v) is 7.45. The molecule has 1 atom stereocenters. The Kier molecular flexibility index (Phi) is 2.94. The van der Waals surface area contributed by atoms with Gasteiger partial charge in [-0.15, -0.1) is 0 Å². The number of likely N-dealkylation sites (tertiary alicyclic amines) is 1. The highest BCUT2D eigenvalue weighted by Gasteiger charge is 2.25. The van der Waals surface area contributed by atoms with Crippen LogP contribution in [0.1, 0.15) is 6.42 Å². The number of hydrogen-bond donors (Lipinski definition) is 2. The molecule has 0 aliphatic carbocycles. The maximum atomic E-state index is 10.8. The normalized spacial score (nSPS) is 21.3. The number of urea groups is 1. The summed E-state index contributed by atoms with van der Waals surface area (Å²) in [6.45, 7) is 1.05. The minimum Gasteiger partial charge on any atom is -0.453 e. The third-order valence-electron chi connectivity index (χ3n) is 2.01. The van der Waals surface area contributed by atoms with E-state index in [1.165, 1.54) is 12.0 Å². The average Bonchev–Trinajstić information content (AvgIpc) is 2.52. The van der Waals surface area contributed by atoms with Crippen molar-refractivity contribution in [3.8, 4) is 0 Å². The molecule has 3 amide bonds. The van der Waals surface area contributed by atoms with Gasteiger partial charge in [-0.3, -0.25) is 0 Å². The van der Waals surface area contributed by atoms with Gasteiger partial charge in [-0.1, -0.05) is 0 Å². The second kappa shape index (κ2) is 3.97. The third-order valence-corrected chi connectivity index (χ3v) is 2.01. The van der Waals surface area contributed by atoms with Crippen LogP contribution in [0.4, 0.5) is 9.59 Å². The lowest BCUT2D eigenvalue weighted by Gasteiger charge is -2.13. The number of alkyl carbamates (subject to hydrolysis) is 1. The molecule has 0 aromatic rings. The van der Waals surface area contributed by atoms with Crippen LogP contribution in [0.15, 0.2) is 0 Å². The van der Waals surface area contributed by atoms with E-state index in [-0.39, 0.29) is 6.04 Å². The minimum atomic E-state index is -0.476. The SMILES string of the molecule is COC(=O)NC1CCN(C(N)=O)C1. The van der Waals surface area contributed by atoms with Crippen molar-refractivity contribution in [1.82, 2.24) is 10.2 Å². The van der Waals surface area contributed by atoms with Crippen LogP contribution in [-0.2, 0) is 4.74 Å². The number of ether oxygens (including phenoxy) is 1. The Morgan fingerprint density at radius 1 is 1.62 bits per heavy atom. The Hall–Kier alpha value is -1.46. The third kappa shape index (κ3) is 2.50. The van der Waals surface area contributed by atoms with E-state index in [9.17, 15) is 9.59 Å². The van der Waals surface area contributed by atoms with Gasteiger partial charge in [0.15, 0.2) is 0 Å². The van der Waals surface area contributed by atoms with Crippen molar-refractivity contribution in [2.45, 2.75) is 12.5 Å². The molecule has 74 valence electrons. The first-order valence-corrected chi connectivity index (χ1v) is 4.02. The van der Waals surface area contributed by atoms with Crippen LogP contribution >= 0.6 is 0 Å². The molecule has 0 saturated carbocycles. The van der Waals surface area contributed by atoms with E-state index in [4.69, 9.17) is 5.73 Å². The van der Waals surface area contributed by atoms with Gasteiger partial charge < -0.3 is 20.7 Å². The summed E-state index contributed by atoms with van der Waals surface area (Å²) in [5, 5.41) is 2.60. The molecular formula is C7H13N3O3. The molecule has 6 heteroatoms. The van der Waals surface area contributed by atoms with Crippen molar-refractivity contribution in [1.29, 1.82) is 0 Å². The van der Waals surface area contributed by atoms with Crippen LogP contribution in [0.3, 0.4) is 0 Å². The minimum absolute atomic E-state index is 0.0417. The monoisotopic (exact) mass is 187 g/mol. The molecule has 1 aliphatic rings. The number of rotatable bonds is 1. The van der Waals surface area contributed by atoms with Gasteiger partial charge in [-0.2, -0.15) is 0 Å². The fourth-order valence-electron chi connectivity index (χ4n) is 1.30. The zero-order chi connectivity index (χ0) is 9.84. The second-order valence-electron chi connectivity index (χ2n) is 2.91. The smallest absolute Gasteiger partial charge is 0.407 e. The van der Waals surface area contributed by atoms with E-state index in [1.54, 1.807) is 0 Å². The number of nitrogens with two attached hydrogens (primary N) is 1. The second-order valence-corrected chi connectivity index (χ2v) is 2.91. The van der Waals surface area contributed by atoms with Crippen LogP contribution in [0.25, 0.3) is 0 Å². The Bertz CT molecular complexity index is 219. The van der Waals surface area contributed by atoms with E-state index in [1.807, 2.05) is 0 Å². The highest BCUT2D eigenvalue weighted by Crippen LogP contribution is 2.08. The number of carbonyl (C=O) groups excluding carboxylic acids is 2. The molecule has 13 heavy (non-hydrogen) atoms. The van der Waals surface area contributed by atoms with E-state index >= 15 is 0 Å². The van der Waals surface area contributed by atoms with Gasteiger partial charge in [-0.25, -0.2) is 9.59 Å². The van der Waals surface area contributed by atoms with Gasteiger partial charge >= 0.3 is 12.1 Å². The van der Waals surface area contributed by atoms with E-state index in [0.29, 0.717) is 13.1 Å². The molecule has 3 N–H and O–H groups in total. The predicted molar refractivity (Wildman–Crippen MR) is 45.1 cm³/mol. The van der Waals surface area contributed by atoms with Crippen molar-refractivity contribution < 1.29 is 14.3 Å². The summed E-state index contributed by atoms with van der Waals surface area (Å²) in [5.41, 5.74) is 5.07. The molecular weight excluding hydrogens is 174 g/mol. The quantitative estimate of drug-likeness (QED) is 0.580. The van der Waals surface area contributed by atoms with Gasteiger partial charge in [-0.05, 0) is 6.42 Å². The average molecular weight is 187 g/mol. The molecule has 1 saturated heterocycles. The summed E-state index contributed by atoms with van der Waals surface area (Å²) in [6.07, 6.45) is 0.245. The van der Waals surface area contributed by atoms with Crippen molar-refractivity contribution in [3.05, 3.63) is 0 Å². The molecule has 0 aromatic carbocycles. The fraction of sp³-hybridized carbons (Fsp3) is 0.714. The first kappa shape index (κ1) is 9.63. The number of hydrogen-bond acceptors (Lipinski definition) is 3. The van der Waals surface area contributed by atoms with E-state index < -0.39 is 12.1 Å². The number of primary amides is 1. The number of nitrogens with one attached hydrogen (secondary N) is 1. The maximum Gasteiger partial charge on any atom is 0.407 e. The summed E-state index contributed by atoms with van der Waals surface area (Å²) in [4.78, 5) is 23.0. The predicted octanol–water partition coefficient (Wildman–Crippen LogP) is -0.505. The Balaban J connectivity index is 2.33. The Labute approximate surface area is 76.0 Å². The topological polar surface area (TPSA) is 84.7 Å². The largest absolute Gasteiger partial charge is 0.453 e. The van der Waals surface area contributed by atoms with Crippen LogP contribution < -0.4 is 11.1 Å². The molecule has 1 fully saturated rings. The van der Waals surface area contributed by atoms with Crippen LogP contribution in [-0.4, -0.2) is 43.3 Å². The number of nitrogens with zero attached hydrogens (tertiary/aromatic N) is 1. The van der Waals surface area contributed by atoms with Gasteiger partial charge in [0.25, 0.3) is 0 Å². The Morgan fingerprint density at radius 3 is 2.77 bits per heavy atom. The number of carbonyl (C=O) groups is 2. The van der Waals surface area contributed by atoms with Crippen molar-refractivity contribution >= 4 is 12.1 Å². The number of amides is 3. The lowest BCUT2D eigenvalue weighted by molar-refractivity contribution is 0.166. The first-order valence-electron chi connectivity index (χ1n) is 4.02. The molecule has 6 nitrogen and oxygen atoms in total. The molecule has 0 radical (unpaired) electrons. The van der Waals surface area contributed by atoms with Crippen LogP contribution in [0.5, 0.6) is 0 Å². The summed E-state index contributed by atoms with van der Waals surface area (Å²) in [6, 6.07) is -0.492. The molecule has 1 rings (SSSR count). The summed E-state index contributed by atoms with van der Waals surface area (Å²) in [5.74, 6) is 0. The van der Waals surface area contributed by atoms with Crippen LogP contribution in [0.2, 0.25) is 0 Å². The molecule has 0 bridgehead atoms. The molecule has 0 spiro atoms. The molecule has 1 heterocycles. The van der Waals surface area contributed by atoms with Crippen molar-refractivity contribution in [3.63, 3.8) is 0 Å². The number of methoxy groups -OCH3 is 1. The Morgan fingerprint density at radius 2 is 2.31 bits per heavy atom. The van der Waals surface area contributed by atoms with Crippen LogP contribution in [0, 0.1) is 0 Å². The summed E-state index contributed by atoms with van der Waals surface area (Å²) >= 11 is 0. The fourth-order valence-corrected chi connectivity index (χ4v) is 1.30. The first-order chi connectivity index (χ1) is 6.13. The highest BCUT2D eigenvalue weighted by atomic mass is 16.5. The molecule has 1 aliphatic heterocycles. The van der Waals surface area contributed by atoms with Gasteiger partial charge in [0, 0.05) is 13.1 Å². The zero-order valence-electron chi connectivity index (χ0n) is 7.45. The summed E-state index contributed by atoms with van der Waals surface area (Å²) in [7, 11) is 1.30. The van der Waals surface area contributed by atoms with E-state index in [2.05, 4.69) is 10.1 Å². The van der Waals surface area contributed by atoms with Crippen molar-refractivity contribution in [2.24, 2.45) is 5.73 Å². The van der Waals surface area contributed by atoms with E-state index in [0.717, 1.165) is 6.42 Å². The molecule has 0 aromatic heterocycles. The van der Waals surface area contributed by atoms with Gasteiger partial charge in [0.2, 0.25) is 0 Å². The maximum absolute atomic E-state index is 10.8.